The van der Waals surface area contributed by atoms with Crippen molar-refractivity contribution in [3.63, 3.8) is 0 Å². The summed E-state index contributed by atoms with van der Waals surface area (Å²) in [5.41, 5.74) is 0.751. The zero-order valence-corrected chi connectivity index (χ0v) is 15.2. The number of aromatic amines is 1. The molecule has 1 amide bonds. The Labute approximate surface area is 151 Å². The molecule has 1 aliphatic rings. The van der Waals surface area contributed by atoms with Gasteiger partial charge in [0.2, 0.25) is 11.9 Å². The molecule has 1 atom stereocenters. The maximum atomic E-state index is 12.4. The normalized spacial score (nSPS) is 15.5. The third kappa shape index (κ3) is 5.29. The predicted octanol–water partition coefficient (Wildman–Crippen LogP) is 0.217. The summed E-state index contributed by atoms with van der Waals surface area (Å²) in [7, 11) is 0. The predicted molar refractivity (Wildman–Crippen MR) is 95.4 cm³/mol. The van der Waals surface area contributed by atoms with E-state index < -0.39 is 12.0 Å². The third-order valence-electron chi connectivity index (χ3n) is 4.33. The van der Waals surface area contributed by atoms with Gasteiger partial charge in [-0.25, -0.2) is 9.78 Å². The number of nitrogens with one attached hydrogen (secondary N) is 2. The van der Waals surface area contributed by atoms with E-state index in [1.165, 1.54) is 0 Å². The van der Waals surface area contributed by atoms with E-state index in [9.17, 15) is 14.4 Å². The van der Waals surface area contributed by atoms with Gasteiger partial charge in [-0.15, -0.1) is 0 Å². The number of H-pyrrole nitrogens is 1. The zero-order chi connectivity index (χ0) is 19.1. The first-order valence-corrected chi connectivity index (χ1v) is 8.87. The van der Waals surface area contributed by atoms with E-state index >= 15 is 0 Å². The van der Waals surface area contributed by atoms with Crippen LogP contribution in [0.3, 0.4) is 0 Å². The number of aryl methyl sites for hydroxylation is 1. The van der Waals surface area contributed by atoms with Crippen molar-refractivity contribution in [2.75, 3.05) is 31.2 Å². The number of aromatic nitrogens is 2. The number of carbonyl (C=O) groups excluding carboxylic acids is 1. The van der Waals surface area contributed by atoms with Crippen LogP contribution < -0.4 is 15.8 Å². The molecule has 0 aliphatic carbocycles. The van der Waals surface area contributed by atoms with Gasteiger partial charge in [0, 0.05) is 30.8 Å². The first kappa shape index (κ1) is 19.9. The molecule has 1 aliphatic heterocycles. The van der Waals surface area contributed by atoms with Crippen LogP contribution in [-0.2, 0) is 20.7 Å². The number of morpholine rings is 1. The highest BCUT2D eigenvalue weighted by Crippen LogP contribution is 2.11. The fourth-order valence-corrected chi connectivity index (χ4v) is 2.87. The minimum Gasteiger partial charge on any atom is -0.480 e. The van der Waals surface area contributed by atoms with Gasteiger partial charge in [0.1, 0.15) is 6.04 Å². The minimum atomic E-state index is -1.05. The van der Waals surface area contributed by atoms with Gasteiger partial charge < -0.3 is 20.1 Å². The molecule has 0 aromatic carbocycles. The smallest absolute Gasteiger partial charge is 0.326 e. The summed E-state index contributed by atoms with van der Waals surface area (Å²) in [6, 6.07) is -0.895. The number of hydrogen-bond donors (Lipinski definition) is 3. The molecule has 0 saturated carbocycles. The van der Waals surface area contributed by atoms with Crippen LogP contribution in [0.5, 0.6) is 0 Å². The molecule has 2 heterocycles. The average Bonchev–Trinajstić information content (AvgIpc) is 2.61. The number of aliphatic carboxylic acids is 1. The van der Waals surface area contributed by atoms with Crippen LogP contribution >= 0.6 is 0 Å². The number of ether oxygens (including phenoxy) is 1. The Kier molecular flexibility index (Phi) is 7.14. The van der Waals surface area contributed by atoms with Crippen molar-refractivity contribution < 1.29 is 19.4 Å². The maximum absolute atomic E-state index is 12.4. The topological polar surface area (TPSA) is 125 Å². The van der Waals surface area contributed by atoms with Crippen molar-refractivity contribution >= 4 is 17.8 Å². The molecule has 1 unspecified atom stereocenters. The van der Waals surface area contributed by atoms with Crippen LogP contribution in [0.1, 0.15) is 37.4 Å². The van der Waals surface area contributed by atoms with Gasteiger partial charge in [-0.05, 0) is 19.8 Å². The molecule has 1 aromatic rings. The first-order chi connectivity index (χ1) is 12.4. The summed E-state index contributed by atoms with van der Waals surface area (Å²) in [6.45, 7) is 6.10. The summed E-state index contributed by atoms with van der Waals surface area (Å²) in [5.74, 6) is -0.925. The lowest BCUT2D eigenvalue weighted by atomic mass is 10.1. The molecule has 0 radical (unpaired) electrons. The Morgan fingerprint density at radius 2 is 2.08 bits per heavy atom. The standard InChI is InChI=1S/C17H26N4O5/c1-3-4-13(16(24)25)19-14(22)6-5-12-11(2)18-17(20-15(12)23)21-7-9-26-10-8-21/h13H,3-10H2,1-2H3,(H,19,22)(H,24,25)(H,18,20,23). The van der Waals surface area contributed by atoms with E-state index in [1.807, 2.05) is 11.8 Å². The van der Waals surface area contributed by atoms with E-state index in [0.29, 0.717) is 56.4 Å². The van der Waals surface area contributed by atoms with Gasteiger partial charge in [-0.2, -0.15) is 0 Å². The molecule has 3 N–H and O–H groups in total. The Hall–Kier alpha value is -2.42. The van der Waals surface area contributed by atoms with Gasteiger partial charge in [0.15, 0.2) is 0 Å². The maximum Gasteiger partial charge on any atom is 0.326 e. The average molecular weight is 366 g/mol. The fourth-order valence-electron chi connectivity index (χ4n) is 2.87. The van der Waals surface area contributed by atoms with Crippen LogP contribution in [0.25, 0.3) is 0 Å². The number of amides is 1. The van der Waals surface area contributed by atoms with Crippen molar-refractivity contribution in [1.29, 1.82) is 0 Å². The van der Waals surface area contributed by atoms with Crippen molar-refractivity contribution in [2.45, 2.75) is 45.6 Å². The molecule has 2 rings (SSSR count). The lowest BCUT2D eigenvalue weighted by molar-refractivity contribution is -0.142. The molecule has 9 nitrogen and oxygen atoms in total. The number of carboxylic acids is 1. The SMILES string of the molecule is CCCC(NC(=O)CCc1c(C)nc(N2CCOCC2)[nH]c1=O)C(=O)O. The fraction of sp³-hybridized carbons (Fsp3) is 0.647. The zero-order valence-electron chi connectivity index (χ0n) is 15.2. The quantitative estimate of drug-likeness (QED) is 0.601. The van der Waals surface area contributed by atoms with Crippen LogP contribution in [-0.4, -0.2) is 59.3 Å². The summed E-state index contributed by atoms with van der Waals surface area (Å²) in [5, 5.41) is 11.6. The van der Waals surface area contributed by atoms with E-state index in [4.69, 9.17) is 9.84 Å². The van der Waals surface area contributed by atoms with E-state index in [2.05, 4.69) is 15.3 Å². The van der Waals surface area contributed by atoms with E-state index in [-0.39, 0.29) is 24.3 Å². The second-order valence-corrected chi connectivity index (χ2v) is 6.30. The van der Waals surface area contributed by atoms with Gasteiger partial charge in [0.05, 0.1) is 13.2 Å². The number of carbonyl (C=O) groups is 2. The van der Waals surface area contributed by atoms with Gasteiger partial charge in [-0.1, -0.05) is 13.3 Å². The van der Waals surface area contributed by atoms with Crippen molar-refractivity contribution in [1.82, 2.24) is 15.3 Å². The van der Waals surface area contributed by atoms with Crippen molar-refractivity contribution in [3.05, 3.63) is 21.6 Å². The molecular formula is C17H26N4O5. The number of rotatable bonds is 8. The lowest BCUT2D eigenvalue weighted by Gasteiger charge is -2.27. The van der Waals surface area contributed by atoms with Crippen LogP contribution in [0.15, 0.2) is 4.79 Å². The number of nitrogens with zero attached hydrogens (tertiary/aromatic N) is 2. The molecule has 144 valence electrons. The molecule has 0 spiro atoms. The summed E-state index contributed by atoms with van der Waals surface area (Å²) >= 11 is 0. The molecule has 26 heavy (non-hydrogen) atoms. The molecule has 1 fully saturated rings. The molecule has 9 heteroatoms. The van der Waals surface area contributed by atoms with E-state index in [1.54, 1.807) is 6.92 Å². The summed E-state index contributed by atoms with van der Waals surface area (Å²) in [6.07, 6.45) is 1.28. The largest absolute Gasteiger partial charge is 0.480 e. The van der Waals surface area contributed by atoms with Crippen molar-refractivity contribution in [3.8, 4) is 0 Å². The number of carboxylic acid groups (broad SMARTS) is 1. The van der Waals surface area contributed by atoms with E-state index in [0.717, 1.165) is 0 Å². The van der Waals surface area contributed by atoms with Crippen LogP contribution in [0, 0.1) is 6.92 Å². The molecular weight excluding hydrogens is 340 g/mol. The molecule has 0 bridgehead atoms. The lowest BCUT2D eigenvalue weighted by Crippen LogP contribution is -2.41. The highest BCUT2D eigenvalue weighted by molar-refractivity contribution is 5.83. The summed E-state index contributed by atoms with van der Waals surface area (Å²) < 4.78 is 5.29. The second kappa shape index (κ2) is 9.33. The van der Waals surface area contributed by atoms with Gasteiger partial charge >= 0.3 is 5.97 Å². The second-order valence-electron chi connectivity index (χ2n) is 6.30. The van der Waals surface area contributed by atoms with Crippen molar-refractivity contribution in [2.24, 2.45) is 0 Å². The highest BCUT2D eigenvalue weighted by Gasteiger charge is 2.20. The molecule has 1 saturated heterocycles. The van der Waals surface area contributed by atoms with Gasteiger partial charge in [-0.3, -0.25) is 14.6 Å². The first-order valence-electron chi connectivity index (χ1n) is 8.87. The third-order valence-corrected chi connectivity index (χ3v) is 4.33. The monoisotopic (exact) mass is 366 g/mol. The van der Waals surface area contributed by atoms with Crippen LogP contribution in [0.2, 0.25) is 0 Å². The molecule has 1 aromatic heterocycles. The van der Waals surface area contributed by atoms with Crippen LogP contribution in [0.4, 0.5) is 5.95 Å². The highest BCUT2D eigenvalue weighted by atomic mass is 16.5. The Morgan fingerprint density at radius 1 is 1.38 bits per heavy atom. The Bertz CT molecular complexity index is 697. The Balaban J connectivity index is 1.99. The number of hydrogen-bond acceptors (Lipinski definition) is 6. The number of anilines is 1. The minimum absolute atomic E-state index is 0.0377. The Morgan fingerprint density at radius 3 is 2.65 bits per heavy atom. The summed E-state index contributed by atoms with van der Waals surface area (Å²) in [4.78, 5) is 44.7. The van der Waals surface area contributed by atoms with Gasteiger partial charge in [0.25, 0.3) is 5.56 Å².